The molecule has 1 N–H and O–H groups in total. The Bertz CT molecular complexity index is 503. The van der Waals surface area contributed by atoms with Gasteiger partial charge in [-0.15, -0.1) is 0 Å². The van der Waals surface area contributed by atoms with E-state index < -0.39 is 5.60 Å². The van der Waals surface area contributed by atoms with Gasteiger partial charge in [0.05, 0.1) is 0 Å². The summed E-state index contributed by atoms with van der Waals surface area (Å²) in [6.07, 6.45) is 5.22. The third-order valence-electron chi connectivity index (χ3n) is 6.38. The van der Waals surface area contributed by atoms with E-state index in [2.05, 4.69) is 53.4 Å². The molecule has 1 fully saturated rings. The summed E-state index contributed by atoms with van der Waals surface area (Å²) in [5.41, 5.74) is 0.588. The van der Waals surface area contributed by atoms with Crippen molar-refractivity contribution < 1.29 is 9.53 Å². The molecule has 0 heterocycles. The van der Waals surface area contributed by atoms with E-state index >= 15 is 0 Å². The average molecular weight is 380 g/mol. The van der Waals surface area contributed by atoms with Crippen molar-refractivity contribution in [2.45, 2.75) is 106 Å². The van der Waals surface area contributed by atoms with E-state index in [1.54, 1.807) is 0 Å². The van der Waals surface area contributed by atoms with Crippen molar-refractivity contribution in [2.75, 3.05) is 0 Å². The van der Waals surface area contributed by atoms with Crippen LogP contribution in [0.4, 0.5) is 4.79 Å². The average Bonchev–Trinajstić information content (AvgIpc) is 2.84. The van der Waals surface area contributed by atoms with Crippen LogP contribution in [0.2, 0.25) is 0 Å². The number of ether oxygens (including phenoxy) is 1. The van der Waals surface area contributed by atoms with E-state index in [1.807, 2.05) is 20.8 Å². The fourth-order valence-corrected chi connectivity index (χ4v) is 5.01. The molecule has 3 nitrogen and oxygen atoms in total. The van der Waals surface area contributed by atoms with Crippen LogP contribution in [0.3, 0.4) is 0 Å². The highest BCUT2D eigenvalue weighted by molar-refractivity contribution is 5.69. The van der Waals surface area contributed by atoms with Crippen molar-refractivity contribution in [3.05, 3.63) is 12.2 Å². The van der Waals surface area contributed by atoms with Crippen LogP contribution in [0, 0.1) is 29.6 Å². The second-order valence-electron chi connectivity index (χ2n) is 10.5. The molecule has 0 unspecified atom stereocenters. The third kappa shape index (κ3) is 6.54. The number of hydrogen-bond donors (Lipinski definition) is 1. The number of allylic oxidation sites excluding steroid dienone is 1. The van der Waals surface area contributed by atoms with Crippen molar-refractivity contribution >= 4 is 6.09 Å². The van der Waals surface area contributed by atoms with Crippen LogP contribution in [-0.4, -0.2) is 17.2 Å². The number of amides is 1. The summed E-state index contributed by atoms with van der Waals surface area (Å²) >= 11 is 0. The Hall–Kier alpha value is -0.990. The largest absolute Gasteiger partial charge is 0.444 e. The minimum absolute atomic E-state index is 0.197. The van der Waals surface area contributed by atoms with Crippen LogP contribution < -0.4 is 5.32 Å². The first-order chi connectivity index (χ1) is 12.3. The molecule has 0 bridgehead atoms. The van der Waals surface area contributed by atoms with Crippen molar-refractivity contribution in [2.24, 2.45) is 29.6 Å². The molecular formula is C24H45NO2. The highest BCUT2D eigenvalue weighted by Crippen LogP contribution is 2.52. The van der Waals surface area contributed by atoms with Crippen molar-refractivity contribution in [3.8, 4) is 0 Å². The summed E-state index contributed by atoms with van der Waals surface area (Å²) in [6.45, 7) is 23.7. The molecule has 0 spiro atoms. The van der Waals surface area contributed by atoms with Gasteiger partial charge in [-0.05, 0) is 83.0 Å². The molecule has 1 aliphatic carbocycles. The van der Waals surface area contributed by atoms with Gasteiger partial charge >= 0.3 is 6.09 Å². The zero-order chi connectivity index (χ0) is 21.0. The molecule has 0 saturated heterocycles. The minimum atomic E-state index is -0.476. The van der Waals surface area contributed by atoms with Gasteiger partial charge in [-0.3, -0.25) is 0 Å². The van der Waals surface area contributed by atoms with Crippen LogP contribution in [0.5, 0.6) is 0 Å². The number of carbonyl (C=O) groups excluding carboxylic acids is 1. The molecular weight excluding hydrogens is 334 g/mol. The van der Waals surface area contributed by atoms with Gasteiger partial charge in [0.15, 0.2) is 0 Å². The number of carbonyl (C=O) groups is 1. The van der Waals surface area contributed by atoms with E-state index in [4.69, 9.17) is 4.74 Å². The Morgan fingerprint density at radius 3 is 2.22 bits per heavy atom. The highest BCUT2D eigenvalue weighted by Gasteiger charge is 2.52. The summed E-state index contributed by atoms with van der Waals surface area (Å²) in [6, 6.07) is 0. The lowest BCUT2D eigenvalue weighted by molar-refractivity contribution is 0.0332. The number of nitrogens with one attached hydrogen (secondary N) is 1. The first-order valence-electron chi connectivity index (χ1n) is 11.0. The highest BCUT2D eigenvalue weighted by atomic mass is 16.6. The van der Waals surface area contributed by atoms with Crippen molar-refractivity contribution in [1.82, 2.24) is 5.32 Å². The lowest BCUT2D eigenvalue weighted by atomic mass is 9.66. The van der Waals surface area contributed by atoms with Crippen LogP contribution >= 0.6 is 0 Å². The third-order valence-corrected chi connectivity index (χ3v) is 6.38. The molecule has 1 rings (SSSR count). The first kappa shape index (κ1) is 24.0. The quantitative estimate of drug-likeness (QED) is 0.462. The van der Waals surface area contributed by atoms with Gasteiger partial charge in [0.1, 0.15) is 5.60 Å². The molecule has 1 saturated carbocycles. The predicted octanol–water partition coefficient (Wildman–Crippen LogP) is 6.97. The standard InChI is InChI=1S/C24H45NO2/c1-11-24(25-22(26)27-23(8,9)10)15-14-20(18(6)7)21(24)19(17(4)5)13-12-16(2)3/h16-17,19-21H,6,11-15H2,1-5,7-10H3,(H,25,26)/t19-,20-,21-,24+/m0/s1. The number of rotatable bonds is 8. The summed E-state index contributed by atoms with van der Waals surface area (Å²) in [7, 11) is 0. The molecule has 0 aromatic rings. The molecule has 158 valence electrons. The summed E-state index contributed by atoms with van der Waals surface area (Å²) in [5.74, 6) is 2.75. The van der Waals surface area contributed by atoms with Gasteiger partial charge in [-0.2, -0.15) is 0 Å². The van der Waals surface area contributed by atoms with Gasteiger partial charge in [-0.25, -0.2) is 4.79 Å². The van der Waals surface area contributed by atoms with Crippen molar-refractivity contribution in [3.63, 3.8) is 0 Å². The van der Waals surface area contributed by atoms with Gasteiger partial charge in [0.2, 0.25) is 0 Å². The zero-order valence-electron chi connectivity index (χ0n) is 19.4. The van der Waals surface area contributed by atoms with Crippen molar-refractivity contribution in [1.29, 1.82) is 0 Å². The van der Waals surface area contributed by atoms with Crippen LogP contribution in [-0.2, 0) is 4.74 Å². The minimum Gasteiger partial charge on any atom is -0.444 e. The molecule has 4 atom stereocenters. The predicted molar refractivity (Wildman–Crippen MR) is 116 cm³/mol. The number of alkyl carbamates (subject to hydrolysis) is 1. The topological polar surface area (TPSA) is 38.3 Å². The molecule has 0 aromatic heterocycles. The molecule has 0 aromatic carbocycles. The molecule has 0 aliphatic heterocycles. The summed E-state index contributed by atoms with van der Waals surface area (Å²) in [5, 5.41) is 3.35. The van der Waals surface area contributed by atoms with E-state index in [9.17, 15) is 4.79 Å². The van der Waals surface area contributed by atoms with Gasteiger partial charge in [0, 0.05) is 5.54 Å². The Kier molecular flexibility index (Phi) is 8.44. The maximum atomic E-state index is 12.7. The normalized spacial score (nSPS) is 27.1. The van der Waals surface area contributed by atoms with Gasteiger partial charge in [0.25, 0.3) is 0 Å². The molecule has 27 heavy (non-hydrogen) atoms. The second-order valence-corrected chi connectivity index (χ2v) is 10.5. The van der Waals surface area contributed by atoms with Gasteiger partial charge < -0.3 is 10.1 Å². The Morgan fingerprint density at radius 1 is 1.22 bits per heavy atom. The monoisotopic (exact) mass is 379 g/mol. The Balaban J connectivity index is 3.21. The molecule has 0 radical (unpaired) electrons. The van der Waals surface area contributed by atoms with E-state index in [-0.39, 0.29) is 11.6 Å². The fourth-order valence-electron chi connectivity index (χ4n) is 5.01. The molecule has 1 amide bonds. The Morgan fingerprint density at radius 2 is 1.81 bits per heavy atom. The van der Waals surface area contributed by atoms with Crippen LogP contribution in [0.25, 0.3) is 0 Å². The number of hydrogen-bond acceptors (Lipinski definition) is 2. The molecule has 3 heteroatoms. The maximum absolute atomic E-state index is 12.7. The zero-order valence-corrected chi connectivity index (χ0v) is 19.4. The van der Waals surface area contributed by atoms with E-state index in [0.29, 0.717) is 29.6 Å². The van der Waals surface area contributed by atoms with Gasteiger partial charge in [-0.1, -0.05) is 53.2 Å². The van der Waals surface area contributed by atoms with E-state index in [1.165, 1.54) is 18.4 Å². The second kappa shape index (κ2) is 9.47. The lowest BCUT2D eigenvalue weighted by Crippen LogP contribution is -2.55. The lowest BCUT2D eigenvalue weighted by Gasteiger charge is -2.44. The summed E-state index contributed by atoms with van der Waals surface area (Å²) < 4.78 is 5.64. The fraction of sp³-hybridized carbons (Fsp3) is 0.875. The first-order valence-corrected chi connectivity index (χ1v) is 11.0. The van der Waals surface area contributed by atoms with Crippen LogP contribution in [0.15, 0.2) is 12.2 Å². The molecule has 1 aliphatic rings. The maximum Gasteiger partial charge on any atom is 0.408 e. The van der Waals surface area contributed by atoms with Crippen LogP contribution in [0.1, 0.15) is 94.4 Å². The smallest absolute Gasteiger partial charge is 0.408 e. The Labute approximate surface area is 168 Å². The SMILES string of the molecule is C=C(C)[C@@H]1CC[C@@](CC)(NC(=O)OC(C)(C)C)[C@H]1[C@@H](CCC(C)C)C(C)C. The van der Waals surface area contributed by atoms with E-state index in [0.717, 1.165) is 19.3 Å². The summed E-state index contributed by atoms with van der Waals surface area (Å²) in [4.78, 5) is 12.7.